The summed E-state index contributed by atoms with van der Waals surface area (Å²) in [6.07, 6.45) is 0.757. The number of benzene rings is 3. The van der Waals surface area contributed by atoms with Gasteiger partial charge in [-0.1, -0.05) is 36.4 Å². The molecular weight excluding hydrogens is 379 g/mol. The molecule has 0 saturated heterocycles. The van der Waals surface area contributed by atoms with Crippen molar-refractivity contribution in [3.05, 3.63) is 101 Å². The van der Waals surface area contributed by atoms with Gasteiger partial charge in [0, 0.05) is 28.7 Å². The summed E-state index contributed by atoms with van der Waals surface area (Å²) in [5.41, 5.74) is 4.70. The molecule has 30 heavy (non-hydrogen) atoms. The van der Waals surface area contributed by atoms with Gasteiger partial charge in [-0.3, -0.25) is 4.79 Å². The zero-order chi connectivity index (χ0) is 20.7. The molecule has 0 fully saturated rings. The Hall–Kier alpha value is -3.60. The third-order valence-electron chi connectivity index (χ3n) is 5.80. The van der Waals surface area contributed by atoms with Gasteiger partial charge in [0.1, 0.15) is 11.6 Å². The number of para-hydroxylation sites is 1. The summed E-state index contributed by atoms with van der Waals surface area (Å²) < 4.78 is 18.9. The van der Waals surface area contributed by atoms with Crippen molar-refractivity contribution in [3.63, 3.8) is 0 Å². The number of H-pyrrole nitrogens is 1. The number of hydrogen-bond donors (Lipinski definition) is 1. The van der Waals surface area contributed by atoms with Crippen molar-refractivity contribution in [1.82, 2.24) is 9.88 Å². The van der Waals surface area contributed by atoms with E-state index in [4.69, 9.17) is 4.74 Å². The third-order valence-corrected chi connectivity index (χ3v) is 5.80. The summed E-state index contributed by atoms with van der Waals surface area (Å²) in [7, 11) is 1.59. The Balaban J connectivity index is 1.64. The predicted molar refractivity (Wildman–Crippen MR) is 114 cm³/mol. The highest BCUT2D eigenvalue weighted by Crippen LogP contribution is 2.39. The van der Waals surface area contributed by atoms with E-state index in [2.05, 4.69) is 11.1 Å². The van der Waals surface area contributed by atoms with Gasteiger partial charge in [-0.2, -0.15) is 0 Å². The van der Waals surface area contributed by atoms with Crippen LogP contribution >= 0.6 is 0 Å². The second-order valence-electron chi connectivity index (χ2n) is 7.50. The van der Waals surface area contributed by atoms with Crippen molar-refractivity contribution in [2.45, 2.75) is 12.5 Å². The number of amides is 1. The zero-order valence-corrected chi connectivity index (χ0v) is 16.6. The van der Waals surface area contributed by atoms with Crippen LogP contribution in [0.3, 0.4) is 0 Å². The SMILES string of the molecule is COc1cccc(C(=O)N2CCc3c([nH]c4ccccc34)[C@H]2c2ccc(F)cc2)c1. The molecule has 4 nitrogen and oxygen atoms in total. The molecule has 3 aromatic carbocycles. The minimum absolute atomic E-state index is 0.0764. The lowest BCUT2D eigenvalue weighted by atomic mass is 9.91. The number of carbonyl (C=O) groups is 1. The molecule has 0 aliphatic carbocycles. The monoisotopic (exact) mass is 400 g/mol. The first kappa shape index (κ1) is 18.4. The molecule has 0 bridgehead atoms. The summed E-state index contributed by atoms with van der Waals surface area (Å²) in [5, 5.41) is 1.17. The maximum atomic E-state index is 13.6. The summed E-state index contributed by atoms with van der Waals surface area (Å²) in [6.45, 7) is 0.576. The largest absolute Gasteiger partial charge is 0.497 e. The molecule has 150 valence electrons. The zero-order valence-electron chi connectivity index (χ0n) is 16.6. The van der Waals surface area contributed by atoms with Gasteiger partial charge in [-0.05, 0) is 53.9 Å². The van der Waals surface area contributed by atoms with Crippen LogP contribution in [-0.2, 0) is 6.42 Å². The van der Waals surface area contributed by atoms with Crippen molar-refractivity contribution in [2.24, 2.45) is 0 Å². The van der Waals surface area contributed by atoms with E-state index in [-0.39, 0.29) is 17.8 Å². The minimum atomic E-state index is -0.319. The highest BCUT2D eigenvalue weighted by atomic mass is 19.1. The summed E-state index contributed by atoms with van der Waals surface area (Å²) in [5.74, 6) is 0.270. The Bertz CT molecular complexity index is 1230. The van der Waals surface area contributed by atoms with Crippen LogP contribution in [0.4, 0.5) is 4.39 Å². The third kappa shape index (κ3) is 3.03. The van der Waals surface area contributed by atoms with E-state index in [1.807, 2.05) is 35.2 Å². The Labute approximate surface area is 173 Å². The fourth-order valence-corrected chi connectivity index (χ4v) is 4.37. The smallest absolute Gasteiger partial charge is 0.254 e. The van der Waals surface area contributed by atoms with E-state index >= 15 is 0 Å². The van der Waals surface area contributed by atoms with E-state index in [0.29, 0.717) is 17.9 Å². The Morgan fingerprint density at radius 2 is 1.87 bits per heavy atom. The number of carbonyl (C=O) groups excluding carboxylic acids is 1. The minimum Gasteiger partial charge on any atom is -0.497 e. The number of nitrogens with zero attached hydrogens (tertiary/aromatic N) is 1. The molecule has 0 unspecified atom stereocenters. The van der Waals surface area contributed by atoms with E-state index in [1.54, 1.807) is 31.4 Å². The van der Waals surface area contributed by atoms with Crippen molar-refractivity contribution in [2.75, 3.05) is 13.7 Å². The van der Waals surface area contributed by atoms with E-state index in [9.17, 15) is 9.18 Å². The van der Waals surface area contributed by atoms with Gasteiger partial charge in [0.05, 0.1) is 13.2 Å². The van der Waals surface area contributed by atoms with E-state index in [0.717, 1.165) is 23.2 Å². The number of methoxy groups -OCH3 is 1. The highest BCUT2D eigenvalue weighted by molar-refractivity contribution is 5.96. The highest BCUT2D eigenvalue weighted by Gasteiger charge is 2.35. The Morgan fingerprint density at radius 1 is 1.07 bits per heavy atom. The van der Waals surface area contributed by atoms with Crippen LogP contribution in [0.25, 0.3) is 10.9 Å². The standard InChI is InChI=1S/C25H21FN2O2/c1-30-19-6-4-5-17(15-19)25(29)28-14-13-21-20-7-2-3-8-22(20)27-23(21)24(28)16-9-11-18(26)12-10-16/h2-12,15,24,27H,13-14H2,1H3/t24-/m1/s1. The second-order valence-corrected chi connectivity index (χ2v) is 7.50. The van der Waals surface area contributed by atoms with Crippen molar-refractivity contribution < 1.29 is 13.9 Å². The molecule has 1 atom stereocenters. The van der Waals surface area contributed by atoms with Crippen LogP contribution in [0.2, 0.25) is 0 Å². The number of aromatic amines is 1. The first-order valence-electron chi connectivity index (χ1n) is 9.95. The summed E-state index contributed by atoms with van der Waals surface area (Å²) >= 11 is 0. The van der Waals surface area contributed by atoms with Crippen LogP contribution in [0, 0.1) is 5.82 Å². The van der Waals surface area contributed by atoms with Crippen molar-refractivity contribution in [3.8, 4) is 5.75 Å². The van der Waals surface area contributed by atoms with Crippen molar-refractivity contribution in [1.29, 1.82) is 0 Å². The lowest BCUT2D eigenvalue weighted by Gasteiger charge is -2.36. The predicted octanol–water partition coefficient (Wildman–Crippen LogP) is 5.10. The maximum absolute atomic E-state index is 13.6. The number of rotatable bonds is 3. The van der Waals surface area contributed by atoms with E-state index in [1.165, 1.54) is 23.1 Å². The number of halogens is 1. The number of aromatic nitrogens is 1. The van der Waals surface area contributed by atoms with Gasteiger partial charge in [0.2, 0.25) is 0 Å². The van der Waals surface area contributed by atoms with Gasteiger partial charge >= 0.3 is 0 Å². The Morgan fingerprint density at radius 3 is 2.67 bits per heavy atom. The number of nitrogens with one attached hydrogen (secondary N) is 1. The molecule has 0 spiro atoms. The molecule has 4 aromatic rings. The van der Waals surface area contributed by atoms with Crippen LogP contribution in [0.15, 0.2) is 72.8 Å². The van der Waals surface area contributed by atoms with Gasteiger partial charge < -0.3 is 14.6 Å². The molecule has 1 aromatic heterocycles. The molecule has 2 heterocycles. The molecular formula is C25H21FN2O2. The number of hydrogen-bond acceptors (Lipinski definition) is 2. The molecule has 1 amide bonds. The van der Waals surface area contributed by atoms with Crippen LogP contribution in [0.1, 0.15) is 33.2 Å². The number of fused-ring (bicyclic) bond motifs is 3. The number of ether oxygens (including phenoxy) is 1. The topological polar surface area (TPSA) is 45.3 Å². The molecule has 5 rings (SSSR count). The molecule has 5 heteroatoms. The molecule has 1 aliphatic rings. The van der Waals surface area contributed by atoms with Gasteiger partial charge in [0.25, 0.3) is 5.91 Å². The quantitative estimate of drug-likeness (QED) is 0.520. The fourth-order valence-electron chi connectivity index (χ4n) is 4.37. The molecule has 1 N–H and O–H groups in total. The van der Waals surface area contributed by atoms with Crippen LogP contribution in [-0.4, -0.2) is 29.4 Å². The Kier molecular flexibility index (Phi) is 4.51. The van der Waals surface area contributed by atoms with Gasteiger partial charge in [-0.15, -0.1) is 0 Å². The molecule has 1 aliphatic heterocycles. The van der Waals surface area contributed by atoms with Gasteiger partial charge in [0.15, 0.2) is 0 Å². The molecule has 0 radical (unpaired) electrons. The first-order valence-corrected chi connectivity index (χ1v) is 9.95. The maximum Gasteiger partial charge on any atom is 0.254 e. The normalized spacial score (nSPS) is 15.8. The average Bonchev–Trinajstić information content (AvgIpc) is 3.17. The second kappa shape index (κ2) is 7.34. The lowest BCUT2D eigenvalue weighted by Crippen LogP contribution is -2.40. The van der Waals surface area contributed by atoms with Crippen LogP contribution in [0.5, 0.6) is 5.75 Å². The van der Waals surface area contributed by atoms with Gasteiger partial charge in [-0.25, -0.2) is 4.39 Å². The summed E-state index contributed by atoms with van der Waals surface area (Å²) in [4.78, 5) is 18.9. The fraction of sp³-hybridized carbons (Fsp3) is 0.160. The van der Waals surface area contributed by atoms with E-state index < -0.39 is 0 Å². The summed E-state index contributed by atoms with van der Waals surface area (Å²) in [6, 6.07) is 21.4. The van der Waals surface area contributed by atoms with Crippen LogP contribution < -0.4 is 4.74 Å². The average molecular weight is 400 g/mol. The molecule has 0 saturated carbocycles. The lowest BCUT2D eigenvalue weighted by molar-refractivity contribution is 0.0691. The first-order chi connectivity index (χ1) is 14.7. The van der Waals surface area contributed by atoms with Crippen molar-refractivity contribution >= 4 is 16.8 Å².